The van der Waals surface area contributed by atoms with Crippen LogP contribution in [0.2, 0.25) is 0 Å². The summed E-state index contributed by atoms with van der Waals surface area (Å²) in [5.41, 5.74) is -1.30. The molecule has 0 aliphatic carbocycles. The van der Waals surface area contributed by atoms with Crippen LogP contribution >= 0.6 is 0 Å². The van der Waals surface area contributed by atoms with Gasteiger partial charge in [-0.15, -0.1) is 0 Å². The molecule has 3 aromatic rings. The van der Waals surface area contributed by atoms with Crippen LogP contribution in [-0.2, 0) is 9.47 Å². The Hall–Kier alpha value is -3.55. The Bertz CT molecular complexity index is 1550. The van der Waals surface area contributed by atoms with Crippen LogP contribution in [0.15, 0.2) is 39.5 Å². The summed E-state index contributed by atoms with van der Waals surface area (Å²) >= 11 is 0. The highest BCUT2D eigenvalue weighted by atomic mass is 16.7. The summed E-state index contributed by atoms with van der Waals surface area (Å²) in [5.74, 6) is -1.50. The Morgan fingerprint density at radius 2 is 1.41 bits per heavy atom. The van der Waals surface area contributed by atoms with Crippen LogP contribution in [-0.4, -0.2) is 127 Å². The standard InChI is InChI=1S/C28H32O16/c1-40-13-4-9(2-3-10(13)31)12-5-11(32)18-14(41-12)6-15(43-28-26(39)24(37)21(34)17(8-30)44-28)19(22(18)35)27-25(38)23(36)20(33)16(7-29)42-27/h2-6,16-17,20-21,23-31,33-39H,7-8H2,1H3. The summed E-state index contributed by atoms with van der Waals surface area (Å²) in [6, 6.07) is 6.20. The molecule has 2 aliphatic rings. The molecule has 5 rings (SSSR count). The summed E-state index contributed by atoms with van der Waals surface area (Å²) in [5, 5.41) is 103. The minimum Gasteiger partial charge on any atom is -0.506 e. The Balaban J connectivity index is 1.69. The summed E-state index contributed by atoms with van der Waals surface area (Å²) in [4.78, 5) is 13.4. The van der Waals surface area contributed by atoms with Crippen LogP contribution in [0, 0.1) is 0 Å². The number of aliphatic hydroxyl groups is 8. The molecule has 0 saturated carbocycles. The number of aliphatic hydroxyl groups excluding tert-OH is 8. The monoisotopic (exact) mass is 624 g/mol. The molecule has 2 saturated heterocycles. The highest BCUT2D eigenvalue weighted by Gasteiger charge is 2.48. The fourth-order valence-electron chi connectivity index (χ4n) is 5.27. The first-order valence-electron chi connectivity index (χ1n) is 13.4. The number of hydrogen-bond donors (Lipinski definition) is 10. The van der Waals surface area contributed by atoms with Crippen LogP contribution in [0.3, 0.4) is 0 Å². The largest absolute Gasteiger partial charge is 0.506 e. The molecule has 240 valence electrons. The van der Waals surface area contributed by atoms with Gasteiger partial charge in [0.15, 0.2) is 16.9 Å². The zero-order valence-corrected chi connectivity index (χ0v) is 23.0. The third-order valence-electron chi connectivity index (χ3n) is 7.73. The van der Waals surface area contributed by atoms with Crippen LogP contribution in [0.1, 0.15) is 11.7 Å². The molecular formula is C28H32O16. The van der Waals surface area contributed by atoms with Gasteiger partial charge in [0.25, 0.3) is 0 Å². The maximum Gasteiger partial charge on any atom is 0.229 e. The number of fused-ring (bicyclic) bond motifs is 1. The fourth-order valence-corrected chi connectivity index (χ4v) is 5.27. The fraction of sp³-hybridized carbons (Fsp3) is 0.464. The third kappa shape index (κ3) is 5.45. The Morgan fingerprint density at radius 1 is 0.773 bits per heavy atom. The highest BCUT2D eigenvalue weighted by molar-refractivity contribution is 5.88. The van der Waals surface area contributed by atoms with Crippen molar-refractivity contribution in [2.75, 3.05) is 20.3 Å². The van der Waals surface area contributed by atoms with Crippen molar-refractivity contribution in [1.82, 2.24) is 0 Å². The van der Waals surface area contributed by atoms with Crippen LogP contribution < -0.4 is 14.9 Å². The molecule has 44 heavy (non-hydrogen) atoms. The number of aromatic hydroxyl groups is 2. The molecule has 10 unspecified atom stereocenters. The summed E-state index contributed by atoms with van der Waals surface area (Å²) in [7, 11) is 1.32. The zero-order valence-electron chi connectivity index (χ0n) is 23.0. The van der Waals surface area contributed by atoms with E-state index in [1.165, 1.54) is 25.3 Å². The van der Waals surface area contributed by atoms with E-state index in [9.17, 15) is 55.9 Å². The lowest BCUT2D eigenvalue weighted by atomic mass is 9.89. The first-order chi connectivity index (χ1) is 20.9. The Kier molecular flexibility index (Phi) is 9.01. The van der Waals surface area contributed by atoms with Gasteiger partial charge in [-0.25, -0.2) is 0 Å². The molecule has 0 spiro atoms. The lowest BCUT2D eigenvalue weighted by molar-refractivity contribution is -0.278. The third-order valence-corrected chi connectivity index (χ3v) is 7.73. The van der Waals surface area contributed by atoms with E-state index in [-0.39, 0.29) is 28.4 Å². The molecule has 2 fully saturated rings. The van der Waals surface area contributed by atoms with Crippen molar-refractivity contribution in [2.45, 2.75) is 61.2 Å². The van der Waals surface area contributed by atoms with Crippen molar-refractivity contribution >= 4 is 11.0 Å². The molecule has 10 atom stereocenters. The maximum absolute atomic E-state index is 13.4. The quantitative estimate of drug-likeness (QED) is 0.131. The van der Waals surface area contributed by atoms with Crippen LogP contribution in [0.25, 0.3) is 22.3 Å². The average molecular weight is 625 g/mol. The van der Waals surface area contributed by atoms with Crippen molar-refractivity contribution in [1.29, 1.82) is 0 Å². The molecule has 10 N–H and O–H groups in total. The molecule has 2 aliphatic heterocycles. The van der Waals surface area contributed by atoms with Gasteiger partial charge in [-0.1, -0.05) is 0 Å². The lowest BCUT2D eigenvalue weighted by Gasteiger charge is -2.42. The summed E-state index contributed by atoms with van der Waals surface area (Å²) in [6.07, 6.45) is -17.5. The van der Waals surface area contributed by atoms with Gasteiger partial charge >= 0.3 is 0 Å². The Labute approximate surface area is 247 Å². The van der Waals surface area contributed by atoms with E-state index in [1.54, 1.807) is 0 Å². The number of ether oxygens (including phenoxy) is 4. The Morgan fingerprint density at radius 3 is 2.05 bits per heavy atom. The van der Waals surface area contributed by atoms with E-state index in [0.29, 0.717) is 0 Å². The lowest BCUT2D eigenvalue weighted by Crippen LogP contribution is -2.60. The van der Waals surface area contributed by atoms with Gasteiger partial charge in [-0.2, -0.15) is 0 Å². The van der Waals surface area contributed by atoms with Crippen molar-refractivity contribution in [3.8, 4) is 34.3 Å². The minimum absolute atomic E-state index is 0.0421. The maximum atomic E-state index is 13.4. The zero-order chi connectivity index (χ0) is 32.0. The SMILES string of the molecule is COc1cc(-c2cc(=O)c3c(O)c(C4OC(CO)C(O)C(O)C4O)c(OC4OC(CO)C(O)C(O)C4O)cc3o2)ccc1O. The second kappa shape index (κ2) is 12.4. The number of methoxy groups -OCH3 is 1. The van der Waals surface area contributed by atoms with Gasteiger partial charge in [-0.05, 0) is 18.2 Å². The molecule has 0 bridgehead atoms. The van der Waals surface area contributed by atoms with Gasteiger partial charge in [0.1, 0.15) is 83.2 Å². The topological polar surface area (TPSA) is 269 Å². The second-order valence-corrected chi connectivity index (χ2v) is 10.4. The number of hydrogen-bond acceptors (Lipinski definition) is 16. The number of rotatable bonds is 7. The van der Waals surface area contributed by atoms with E-state index in [2.05, 4.69) is 0 Å². The number of phenols is 2. The molecule has 1 aromatic heterocycles. The van der Waals surface area contributed by atoms with Gasteiger partial charge in [0.2, 0.25) is 6.29 Å². The molecule has 16 nitrogen and oxygen atoms in total. The van der Waals surface area contributed by atoms with Gasteiger partial charge in [0, 0.05) is 17.7 Å². The molecule has 3 heterocycles. The van der Waals surface area contributed by atoms with Crippen molar-refractivity contribution in [3.05, 3.63) is 46.1 Å². The molecule has 2 aromatic carbocycles. The van der Waals surface area contributed by atoms with Crippen molar-refractivity contribution in [3.63, 3.8) is 0 Å². The number of phenolic OH excluding ortho intramolecular Hbond substituents is 2. The van der Waals surface area contributed by atoms with Crippen LogP contribution in [0.4, 0.5) is 0 Å². The first kappa shape index (κ1) is 31.9. The van der Waals surface area contributed by atoms with Gasteiger partial charge < -0.3 is 74.4 Å². The van der Waals surface area contributed by atoms with E-state index >= 15 is 0 Å². The minimum atomic E-state index is -1.95. The van der Waals surface area contributed by atoms with E-state index in [1.807, 2.05) is 0 Å². The second-order valence-electron chi connectivity index (χ2n) is 10.4. The van der Waals surface area contributed by atoms with E-state index < -0.39 is 102 Å². The molecule has 0 amide bonds. The van der Waals surface area contributed by atoms with Crippen molar-refractivity contribution < 1.29 is 74.4 Å². The van der Waals surface area contributed by atoms with Crippen molar-refractivity contribution in [2.24, 2.45) is 0 Å². The highest BCUT2D eigenvalue weighted by Crippen LogP contribution is 2.46. The van der Waals surface area contributed by atoms with Gasteiger partial charge in [-0.3, -0.25) is 4.79 Å². The smallest absolute Gasteiger partial charge is 0.229 e. The summed E-state index contributed by atoms with van der Waals surface area (Å²) in [6.45, 7) is -1.61. The molecule has 16 heteroatoms. The first-order valence-corrected chi connectivity index (χ1v) is 13.4. The number of benzene rings is 2. The predicted molar refractivity (Wildman–Crippen MR) is 145 cm³/mol. The van der Waals surface area contributed by atoms with E-state index in [4.69, 9.17) is 23.4 Å². The van der Waals surface area contributed by atoms with E-state index in [0.717, 1.165) is 12.1 Å². The molecular weight excluding hydrogens is 592 g/mol. The normalized spacial score (nSPS) is 32.5. The summed E-state index contributed by atoms with van der Waals surface area (Å²) < 4.78 is 27.8. The van der Waals surface area contributed by atoms with Gasteiger partial charge in [0.05, 0.1) is 25.9 Å². The predicted octanol–water partition coefficient (Wildman–Crippen LogP) is -2.43. The average Bonchev–Trinajstić information content (AvgIpc) is 3.00. The molecule has 0 radical (unpaired) electrons. The van der Waals surface area contributed by atoms with Crippen LogP contribution in [0.5, 0.6) is 23.0 Å².